The summed E-state index contributed by atoms with van der Waals surface area (Å²) in [6.45, 7) is 5.83. The third kappa shape index (κ3) is 39.5. The molecule has 0 aromatic heterocycles. The van der Waals surface area contributed by atoms with E-state index in [0.717, 1.165) is 103 Å². The normalized spacial score (nSPS) is 18.7. The number of esters is 3. The summed E-state index contributed by atoms with van der Waals surface area (Å²) < 4.78 is 28.3. The van der Waals surface area contributed by atoms with E-state index in [9.17, 15) is 34.5 Å². The Morgan fingerprint density at radius 3 is 1.33 bits per heavy atom. The zero-order chi connectivity index (χ0) is 53.3. The van der Waals surface area contributed by atoms with Crippen molar-refractivity contribution < 1.29 is 58.2 Å². The predicted octanol–water partition coefficient (Wildman–Crippen LogP) is 14.8. The fraction of sp³-hybridized carbons (Fsp3) is 0.770. The highest BCUT2D eigenvalue weighted by Gasteiger charge is 2.50. The maximum Gasteiger partial charge on any atom is 0.335 e. The molecule has 1 saturated heterocycles. The molecule has 0 bridgehead atoms. The van der Waals surface area contributed by atoms with E-state index in [1.807, 2.05) is 0 Å². The number of hydrogen-bond donors (Lipinski definition) is 3. The Morgan fingerprint density at radius 2 is 0.863 bits per heavy atom. The molecule has 1 aliphatic heterocycles. The number of carbonyl (C=O) groups is 4. The molecule has 1 heterocycles. The lowest BCUT2D eigenvalue weighted by atomic mass is 9.98. The monoisotopic (exact) mass is 1030 g/mol. The van der Waals surface area contributed by atoms with E-state index in [-0.39, 0.29) is 25.9 Å². The second kappa shape index (κ2) is 49.3. The first-order valence-electron chi connectivity index (χ1n) is 29.3. The molecule has 0 spiro atoms. The summed E-state index contributed by atoms with van der Waals surface area (Å²) in [6.07, 6.45) is 47.7. The number of unbranched alkanes of at least 4 members (excludes halogenated alkanes) is 25. The summed E-state index contributed by atoms with van der Waals surface area (Å²) in [6, 6.07) is 0. The van der Waals surface area contributed by atoms with Crippen molar-refractivity contribution in [3.63, 3.8) is 0 Å². The van der Waals surface area contributed by atoms with Crippen LogP contribution >= 0.6 is 0 Å². The van der Waals surface area contributed by atoms with Crippen molar-refractivity contribution in [2.75, 3.05) is 13.2 Å². The Kier molecular flexibility index (Phi) is 45.5. The average Bonchev–Trinajstić information content (AvgIpc) is 3.37. The molecule has 1 aliphatic rings. The lowest BCUT2D eigenvalue weighted by Crippen LogP contribution is -2.61. The summed E-state index contributed by atoms with van der Waals surface area (Å²) in [5.41, 5.74) is 0. The lowest BCUT2D eigenvalue weighted by molar-refractivity contribution is -0.301. The molecule has 1 fully saturated rings. The number of aliphatic hydroxyl groups excluding tert-OH is 2. The van der Waals surface area contributed by atoms with E-state index < -0.39 is 67.3 Å². The van der Waals surface area contributed by atoms with Gasteiger partial charge in [-0.1, -0.05) is 210 Å². The SMILES string of the molecule is CC/C=C\C/C=C\C/C=C\C/C=C\CCCCCCC(=O)OCC(COC1OC(C(=O)O)C(O)C(O)C1OC(=O)CCCCCCCCC/C=C\CCCCCCCC)OC(=O)CCCCCCCCCCC. The van der Waals surface area contributed by atoms with Gasteiger partial charge in [-0.3, -0.25) is 14.4 Å². The molecule has 12 heteroatoms. The van der Waals surface area contributed by atoms with Crippen molar-refractivity contribution in [3.8, 4) is 0 Å². The quantitative estimate of drug-likeness (QED) is 0.0228. The fourth-order valence-electron chi connectivity index (χ4n) is 8.59. The van der Waals surface area contributed by atoms with Gasteiger partial charge in [0.05, 0.1) is 6.61 Å². The highest BCUT2D eigenvalue weighted by atomic mass is 16.7. The van der Waals surface area contributed by atoms with Gasteiger partial charge in [-0.25, -0.2) is 4.79 Å². The van der Waals surface area contributed by atoms with Crippen LogP contribution in [0.2, 0.25) is 0 Å². The van der Waals surface area contributed by atoms with Crippen molar-refractivity contribution in [1.82, 2.24) is 0 Å². The molecule has 1 rings (SSSR count). The molecule has 0 aromatic rings. The van der Waals surface area contributed by atoms with Crippen LogP contribution in [-0.2, 0) is 42.9 Å². The van der Waals surface area contributed by atoms with Crippen LogP contribution in [0.15, 0.2) is 60.8 Å². The molecule has 0 radical (unpaired) electrons. The summed E-state index contributed by atoms with van der Waals surface area (Å²) >= 11 is 0. The summed E-state index contributed by atoms with van der Waals surface area (Å²) in [5, 5.41) is 31.4. The minimum atomic E-state index is -1.91. The summed E-state index contributed by atoms with van der Waals surface area (Å²) in [4.78, 5) is 51.0. The van der Waals surface area contributed by atoms with Crippen LogP contribution in [0.3, 0.4) is 0 Å². The van der Waals surface area contributed by atoms with Gasteiger partial charge in [-0.15, -0.1) is 0 Å². The third-order valence-electron chi connectivity index (χ3n) is 13.1. The largest absolute Gasteiger partial charge is 0.479 e. The Balaban J connectivity index is 2.66. The minimum Gasteiger partial charge on any atom is -0.479 e. The highest BCUT2D eigenvalue weighted by molar-refractivity contribution is 5.74. The standard InChI is InChI=1S/C61H104O12/c1-4-7-10-13-16-19-21-23-25-27-29-31-33-36-38-41-44-47-53(62)69-50-52(71-54(63)48-45-42-39-35-18-15-12-9-6-3)51-70-61-59(57(66)56(65)58(73-61)60(67)68)72-55(64)49-46-43-40-37-34-32-30-28-26-24-22-20-17-14-11-8-5-2/h7,10,16,19,23-26,29,31,52,56-59,61,65-66H,4-6,8-9,11-15,17-18,20-22,27-28,30,32-51H2,1-3H3,(H,67,68)/b10-7-,19-16-,25-23-,26-24-,31-29-. The van der Waals surface area contributed by atoms with Crippen molar-refractivity contribution >= 4 is 23.9 Å². The molecule has 0 aromatic carbocycles. The fourth-order valence-corrected chi connectivity index (χ4v) is 8.59. The number of carbonyl (C=O) groups excluding carboxylic acids is 3. The third-order valence-corrected chi connectivity index (χ3v) is 13.1. The van der Waals surface area contributed by atoms with Crippen molar-refractivity contribution in [2.24, 2.45) is 0 Å². The topological polar surface area (TPSA) is 175 Å². The molecule has 3 N–H and O–H groups in total. The second-order valence-corrected chi connectivity index (χ2v) is 19.9. The van der Waals surface area contributed by atoms with Gasteiger partial charge in [0.2, 0.25) is 0 Å². The molecular formula is C61H104O12. The zero-order valence-electron chi connectivity index (χ0n) is 46.1. The first-order valence-corrected chi connectivity index (χ1v) is 29.3. The van der Waals surface area contributed by atoms with E-state index in [1.54, 1.807) is 0 Å². The van der Waals surface area contributed by atoms with E-state index in [4.69, 9.17) is 23.7 Å². The van der Waals surface area contributed by atoms with Gasteiger partial charge < -0.3 is 39.0 Å². The van der Waals surface area contributed by atoms with Gasteiger partial charge >= 0.3 is 23.9 Å². The highest BCUT2D eigenvalue weighted by Crippen LogP contribution is 2.26. The van der Waals surface area contributed by atoms with Crippen molar-refractivity contribution in [1.29, 1.82) is 0 Å². The molecule has 0 saturated carbocycles. The predicted molar refractivity (Wildman–Crippen MR) is 294 cm³/mol. The average molecular weight is 1030 g/mol. The number of rotatable bonds is 49. The van der Waals surface area contributed by atoms with Crippen LogP contribution < -0.4 is 0 Å². The molecule has 420 valence electrons. The van der Waals surface area contributed by atoms with Crippen molar-refractivity contribution in [2.45, 2.75) is 289 Å². The van der Waals surface area contributed by atoms with Gasteiger partial charge in [-0.05, 0) is 83.5 Å². The second-order valence-electron chi connectivity index (χ2n) is 19.9. The van der Waals surface area contributed by atoms with Gasteiger partial charge in [0.15, 0.2) is 24.6 Å². The molecule has 0 aliphatic carbocycles. The number of carboxylic acid groups (broad SMARTS) is 1. The molecule has 12 nitrogen and oxygen atoms in total. The number of allylic oxidation sites excluding steroid dienone is 10. The van der Waals surface area contributed by atoms with E-state index in [1.165, 1.54) is 89.9 Å². The van der Waals surface area contributed by atoms with E-state index in [0.29, 0.717) is 19.3 Å². The van der Waals surface area contributed by atoms with Gasteiger partial charge in [0.25, 0.3) is 0 Å². The molecule has 0 amide bonds. The smallest absolute Gasteiger partial charge is 0.335 e. The van der Waals surface area contributed by atoms with Crippen LogP contribution in [-0.4, -0.2) is 89.2 Å². The number of aliphatic carboxylic acids is 1. The Morgan fingerprint density at radius 1 is 0.466 bits per heavy atom. The van der Waals surface area contributed by atoms with E-state index >= 15 is 0 Å². The van der Waals surface area contributed by atoms with Crippen LogP contribution in [0.5, 0.6) is 0 Å². The number of carboxylic acids is 1. The van der Waals surface area contributed by atoms with Gasteiger partial charge in [-0.2, -0.15) is 0 Å². The van der Waals surface area contributed by atoms with Gasteiger partial charge in [0, 0.05) is 19.3 Å². The number of ether oxygens (including phenoxy) is 5. The zero-order valence-corrected chi connectivity index (χ0v) is 46.1. The van der Waals surface area contributed by atoms with Gasteiger partial charge in [0.1, 0.15) is 18.8 Å². The Bertz CT molecular complexity index is 1500. The van der Waals surface area contributed by atoms with Crippen molar-refractivity contribution in [3.05, 3.63) is 60.8 Å². The molecule has 73 heavy (non-hydrogen) atoms. The first-order chi connectivity index (χ1) is 35.6. The molecular weight excluding hydrogens is 925 g/mol. The summed E-state index contributed by atoms with van der Waals surface area (Å²) in [7, 11) is 0. The van der Waals surface area contributed by atoms with Crippen LogP contribution in [0.4, 0.5) is 0 Å². The molecule has 6 unspecified atom stereocenters. The summed E-state index contributed by atoms with van der Waals surface area (Å²) in [5.74, 6) is -3.15. The maximum atomic E-state index is 13.1. The Labute approximate surface area is 443 Å². The molecule has 6 atom stereocenters. The van der Waals surface area contributed by atoms with Crippen LogP contribution in [0, 0.1) is 0 Å². The maximum absolute atomic E-state index is 13.1. The Hall–Kier alpha value is -3.58. The lowest BCUT2D eigenvalue weighted by Gasteiger charge is -2.40. The number of hydrogen-bond acceptors (Lipinski definition) is 11. The van der Waals surface area contributed by atoms with E-state index in [2.05, 4.69) is 81.5 Å². The van der Waals surface area contributed by atoms with Crippen LogP contribution in [0.25, 0.3) is 0 Å². The first kappa shape index (κ1) is 67.4. The minimum absolute atomic E-state index is 0.0537. The number of aliphatic hydroxyl groups is 2. The van der Waals surface area contributed by atoms with Crippen LogP contribution in [0.1, 0.15) is 252 Å².